The van der Waals surface area contributed by atoms with Crippen molar-refractivity contribution in [1.82, 2.24) is 5.32 Å². The summed E-state index contributed by atoms with van der Waals surface area (Å²) in [5, 5.41) is 3.76. The molecule has 0 aromatic carbocycles. The molecule has 0 radical (unpaired) electrons. The molecule has 0 aromatic heterocycles. The van der Waals surface area contributed by atoms with Crippen LogP contribution in [0.3, 0.4) is 0 Å². The first-order valence-corrected chi connectivity index (χ1v) is 6.61. The Morgan fingerprint density at radius 3 is 2.73 bits per heavy atom. The lowest BCUT2D eigenvalue weighted by Crippen LogP contribution is -2.41. The van der Waals surface area contributed by atoms with Crippen molar-refractivity contribution in [2.45, 2.75) is 65.0 Å². The van der Waals surface area contributed by atoms with Crippen molar-refractivity contribution >= 4 is 0 Å². The van der Waals surface area contributed by atoms with E-state index in [0.29, 0.717) is 12.1 Å². The van der Waals surface area contributed by atoms with E-state index in [2.05, 4.69) is 26.1 Å². The summed E-state index contributed by atoms with van der Waals surface area (Å²) in [4.78, 5) is 0. The third kappa shape index (κ3) is 4.52. The van der Waals surface area contributed by atoms with Crippen LogP contribution in [0.4, 0.5) is 0 Å². The van der Waals surface area contributed by atoms with E-state index in [0.717, 1.165) is 19.1 Å². The average Bonchev–Trinajstić information content (AvgIpc) is 2.77. The number of hydrogen-bond donors (Lipinski definition) is 1. The van der Waals surface area contributed by atoms with Crippen LogP contribution < -0.4 is 5.32 Å². The topological polar surface area (TPSA) is 21.3 Å². The van der Waals surface area contributed by atoms with Crippen LogP contribution in [0.5, 0.6) is 0 Å². The second-order valence-corrected chi connectivity index (χ2v) is 4.83. The first-order valence-electron chi connectivity index (χ1n) is 6.61. The van der Waals surface area contributed by atoms with Crippen molar-refractivity contribution in [3.63, 3.8) is 0 Å². The van der Waals surface area contributed by atoms with Crippen molar-refractivity contribution in [2.24, 2.45) is 5.92 Å². The predicted molar refractivity (Wildman–Crippen MR) is 65.1 cm³/mol. The molecule has 3 unspecified atom stereocenters. The summed E-state index contributed by atoms with van der Waals surface area (Å²) >= 11 is 0. The highest BCUT2D eigenvalue weighted by atomic mass is 16.5. The molecule has 1 heterocycles. The van der Waals surface area contributed by atoms with Gasteiger partial charge in [0.05, 0.1) is 6.61 Å². The third-order valence-electron chi connectivity index (χ3n) is 3.57. The minimum atomic E-state index is 0.620. The molecule has 1 aliphatic rings. The summed E-state index contributed by atoms with van der Waals surface area (Å²) in [5.41, 5.74) is 0. The number of rotatable bonds is 7. The second-order valence-electron chi connectivity index (χ2n) is 4.83. The highest BCUT2D eigenvalue weighted by Gasteiger charge is 2.23. The lowest BCUT2D eigenvalue weighted by Gasteiger charge is -2.25. The van der Waals surface area contributed by atoms with Gasteiger partial charge in [0.15, 0.2) is 0 Å². The molecule has 2 nitrogen and oxygen atoms in total. The molecule has 1 N–H and O–H groups in total. The van der Waals surface area contributed by atoms with Crippen molar-refractivity contribution in [2.75, 3.05) is 13.2 Å². The van der Waals surface area contributed by atoms with E-state index < -0.39 is 0 Å². The Labute approximate surface area is 94.8 Å². The van der Waals surface area contributed by atoms with E-state index in [1.807, 2.05) is 0 Å². The Bertz CT molecular complexity index is 155. The van der Waals surface area contributed by atoms with Crippen LogP contribution >= 0.6 is 0 Å². The van der Waals surface area contributed by atoms with E-state index >= 15 is 0 Å². The number of hydrogen-bond acceptors (Lipinski definition) is 2. The Kier molecular flexibility index (Phi) is 6.26. The molecule has 15 heavy (non-hydrogen) atoms. The normalized spacial score (nSPS) is 25.4. The smallest absolute Gasteiger partial charge is 0.0509 e. The monoisotopic (exact) mass is 213 g/mol. The first kappa shape index (κ1) is 13.0. The standard InChI is InChI=1S/C13H27NO/c1-4-6-7-13(5-2)14-11(3)12-8-9-15-10-12/h11-14H,4-10H2,1-3H3. The van der Waals surface area contributed by atoms with Gasteiger partial charge in [0, 0.05) is 18.7 Å². The Hall–Kier alpha value is -0.0800. The summed E-state index contributed by atoms with van der Waals surface area (Å²) in [7, 11) is 0. The summed E-state index contributed by atoms with van der Waals surface area (Å²) in [6, 6.07) is 1.33. The predicted octanol–water partition coefficient (Wildman–Crippen LogP) is 2.97. The molecular formula is C13H27NO. The van der Waals surface area contributed by atoms with Gasteiger partial charge in [-0.05, 0) is 32.1 Å². The minimum Gasteiger partial charge on any atom is -0.381 e. The number of ether oxygens (including phenoxy) is 1. The van der Waals surface area contributed by atoms with Crippen molar-refractivity contribution < 1.29 is 4.74 Å². The third-order valence-corrected chi connectivity index (χ3v) is 3.57. The molecule has 1 fully saturated rings. The number of unbranched alkanes of at least 4 members (excludes halogenated alkanes) is 1. The van der Waals surface area contributed by atoms with Crippen LogP contribution in [0, 0.1) is 5.92 Å². The quantitative estimate of drug-likeness (QED) is 0.702. The fourth-order valence-corrected chi connectivity index (χ4v) is 2.31. The van der Waals surface area contributed by atoms with E-state index in [4.69, 9.17) is 4.74 Å². The van der Waals surface area contributed by atoms with Crippen LogP contribution in [0.25, 0.3) is 0 Å². The zero-order chi connectivity index (χ0) is 11.1. The second kappa shape index (κ2) is 7.24. The van der Waals surface area contributed by atoms with Crippen molar-refractivity contribution in [3.8, 4) is 0 Å². The molecule has 3 atom stereocenters. The molecular weight excluding hydrogens is 186 g/mol. The van der Waals surface area contributed by atoms with Gasteiger partial charge in [-0.15, -0.1) is 0 Å². The number of nitrogens with one attached hydrogen (secondary N) is 1. The first-order chi connectivity index (χ1) is 7.27. The zero-order valence-corrected chi connectivity index (χ0v) is 10.6. The van der Waals surface area contributed by atoms with E-state index in [1.165, 1.54) is 32.1 Å². The van der Waals surface area contributed by atoms with Gasteiger partial charge in [-0.3, -0.25) is 0 Å². The Morgan fingerprint density at radius 2 is 2.20 bits per heavy atom. The molecule has 1 saturated heterocycles. The molecule has 1 rings (SSSR count). The van der Waals surface area contributed by atoms with Crippen LogP contribution in [0.15, 0.2) is 0 Å². The van der Waals surface area contributed by atoms with Gasteiger partial charge in [-0.1, -0.05) is 26.7 Å². The Morgan fingerprint density at radius 1 is 1.40 bits per heavy atom. The van der Waals surface area contributed by atoms with E-state index in [9.17, 15) is 0 Å². The molecule has 1 aliphatic heterocycles. The zero-order valence-electron chi connectivity index (χ0n) is 10.6. The van der Waals surface area contributed by atoms with Gasteiger partial charge in [-0.25, -0.2) is 0 Å². The lowest BCUT2D eigenvalue weighted by molar-refractivity contribution is 0.176. The fourth-order valence-electron chi connectivity index (χ4n) is 2.31. The van der Waals surface area contributed by atoms with Gasteiger partial charge in [0.25, 0.3) is 0 Å². The molecule has 0 saturated carbocycles. The van der Waals surface area contributed by atoms with Crippen molar-refractivity contribution in [3.05, 3.63) is 0 Å². The van der Waals surface area contributed by atoms with Gasteiger partial charge in [-0.2, -0.15) is 0 Å². The van der Waals surface area contributed by atoms with Gasteiger partial charge in [0.2, 0.25) is 0 Å². The molecule has 90 valence electrons. The van der Waals surface area contributed by atoms with E-state index in [-0.39, 0.29) is 0 Å². The molecule has 0 bridgehead atoms. The van der Waals surface area contributed by atoms with Gasteiger partial charge in [0.1, 0.15) is 0 Å². The highest BCUT2D eigenvalue weighted by molar-refractivity contribution is 4.79. The highest BCUT2D eigenvalue weighted by Crippen LogP contribution is 2.18. The van der Waals surface area contributed by atoms with Crippen LogP contribution in [-0.4, -0.2) is 25.3 Å². The maximum Gasteiger partial charge on any atom is 0.0509 e. The van der Waals surface area contributed by atoms with Crippen LogP contribution in [-0.2, 0) is 4.74 Å². The molecule has 2 heteroatoms. The summed E-state index contributed by atoms with van der Waals surface area (Å²) in [6.07, 6.45) is 6.46. The van der Waals surface area contributed by atoms with Crippen molar-refractivity contribution in [1.29, 1.82) is 0 Å². The average molecular weight is 213 g/mol. The maximum atomic E-state index is 5.43. The molecule has 0 aliphatic carbocycles. The van der Waals surface area contributed by atoms with Crippen LogP contribution in [0.2, 0.25) is 0 Å². The van der Waals surface area contributed by atoms with Gasteiger partial charge >= 0.3 is 0 Å². The summed E-state index contributed by atoms with van der Waals surface area (Å²) < 4.78 is 5.43. The van der Waals surface area contributed by atoms with E-state index in [1.54, 1.807) is 0 Å². The summed E-state index contributed by atoms with van der Waals surface area (Å²) in [5.74, 6) is 0.737. The fraction of sp³-hybridized carbons (Fsp3) is 1.00. The molecule has 0 aromatic rings. The Balaban J connectivity index is 2.23. The van der Waals surface area contributed by atoms with Crippen LogP contribution in [0.1, 0.15) is 52.9 Å². The molecule has 0 amide bonds. The maximum absolute atomic E-state index is 5.43. The lowest BCUT2D eigenvalue weighted by atomic mass is 9.98. The largest absolute Gasteiger partial charge is 0.381 e. The molecule has 0 spiro atoms. The SMILES string of the molecule is CCCCC(CC)NC(C)C1CCOC1. The summed E-state index contributed by atoms with van der Waals surface area (Å²) in [6.45, 7) is 8.78. The van der Waals surface area contributed by atoms with Gasteiger partial charge < -0.3 is 10.1 Å². The minimum absolute atomic E-state index is 0.620.